The van der Waals surface area contributed by atoms with Crippen LogP contribution in [0.25, 0.3) is 0 Å². The smallest absolute Gasteiger partial charge is 0.317 e. The van der Waals surface area contributed by atoms with Gasteiger partial charge in [0.1, 0.15) is 42.0 Å². The summed E-state index contributed by atoms with van der Waals surface area (Å²) < 4.78 is 88.9. The monoisotopic (exact) mass is 1250 g/mol. The Morgan fingerprint density at radius 3 is 1.93 bits per heavy atom. The molecule has 0 radical (unpaired) electrons. The summed E-state index contributed by atoms with van der Waals surface area (Å²) in [5.41, 5.74) is 10.4. The number of rotatable bonds is 18. The van der Waals surface area contributed by atoms with Crippen LogP contribution in [0.3, 0.4) is 0 Å². The van der Waals surface area contributed by atoms with Gasteiger partial charge in [0.15, 0.2) is 18.4 Å². The van der Waals surface area contributed by atoms with Gasteiger partial charge in [-0.1, -0.05) is 158 Å². The van der Waals surface area contributed by atoms with Crippen molar-refractivity contribution < 1.29 is 66.4 Å². The van der Waals surface area contributed by atoms with Gasteiger partial charge in [0.25, 0.3) is 0 Å². The first-order chi connectivity index (χ1) is 42.9. The fraction of sp³-hybridized carbons (Fsp3) is 0.720. The van der Waals surface area contributed by atoms with Crippen molar-refractivity contribution in [2.24, 2.45) is 68.3 Å². The number of fused-ring (bicyclic) bond motifs is 8. The third-order valence-electron chi connectivity index (χ3n) is 25.0. The molecule has 4 saturated carbocycles. The molecule has 90 heavy (non-hydrogen) atoms. The third-order valence-corrected chi connectivity index (χ3v) is 25.0. The molecule has 11 unspecified atom stereocenters. The molecule has 5 aliphatic carbocycles. The van der Waals surface area contributed by atoms with Crippen LogP contribution in [0.1, 0.15) is 158 Å². The first kappa shape index (κ1) is 66.4. The Balaban J connectivity index is 0.823. The highest BCUT2D eigenvalue weighted by Gasteiger charge is 2.73. The zero-order valence-electron chi connectivity index (χ0n) is 56.4. The molecular weight excluding hydrogens is 1140 g/mol. The predicted octanol–water partition coefficient (Wildman–Crippen LogP) is 13.1. The highest BCUT2D eigenvalue weighted by atomic mass is 16.8. The van der Waals surface area contributed by atoms with Gasteiger partial charge in [-0.25, -0.2) is 0 Å². The van der Waals surface area contributed by atoms with E-state index in [1.807, 2.05) is 109 Å². The van der Waals surface area contributed by atoms with Crippen molar-refractivity contribution in [3.8, 4) is 0 Å². The third kappa shape index (κ3) is 12.0. The van der Waals surface area contributed by atoms with Crippen molar-refractivity contribution in [3.05, 3.63) is 119 Å². The Bertz CT molecular complexity index is 2950. The second-order valence-electron chi connectivity index (χ2n) is 31.0. The largest absolute Gasteiger partial charge is 0.432 e. The highest BCUT2D eigenvalue weighted by molar-refractivity contribution is 5.80. The molecule has 3 aromatic carbocycles. The topological polar surface area (TPSA) is 163 Å². The lowest BCUT2D eigenvalue weighted by atomic mass is 9.33. The van der Waals surface area contributed by atoms with E-state index < -0.39 is 84.8 Å². The molecule has 4 saturated heterocycles. The van der Waals surface area contributed by atoms with Gasteiger partial charge >= 0.3 is 5.97 Å². The number of allylic oxidation sites excluding steroid dienone is 2. The number of hydrogen-bond acceptors (Lipinski definition) is 15. The van der Waals surface area contributed by atoms with Gasteiger partial charge in [-0.3, -0.25) is 4.79 Å². The van der Waals surface area contributed by atoms with E-state index in [1.165, 1.54) is 12.0 Å². The summed E-state index contributed by atoms with van der Waals surface area (Å²) >= 11 is 0. The number of carbonyl (C=O) groups excluding carboxylic acids is 1. The zero-order valence-corrected chi connectivity index (χ0v) is 56.4. The molecule has 496 valence electrons. The van der Waals surface area contributed by atoms with E-state index in [1.54, 1.807) is 0 Å². The van der Waals surface area contributed by atoms with Crippen LogP contribution in [0.4, 0.5) is 0 Å². The normalized spacial score (nSPS) is 44.4. The maximum Gasteiger partial charge on any atom is 0.317 e. The fourth-order valence-corrected chi connectivity index (χ4v) is 19.4. The van der Waals surface area contributed by atoms with Crippen LogP contribution >= 0.6 is 0 Å². The van der Waals surface area contributed by atoms with E-state index in [4.69, 9.17) is 67.3 Å². The minimum absolute atomic E-state index is 0.0366. The predicted molar refractivity (Wildman–Crippen MR) is 341 cm³/mol. The molecule has 15 nitrogen and oxygen atoms in total. The van der Waals surface area contributed by atoms with Crippen LogP contribution < -0.4 is 5.73 Å². The SMILES string of the molecule is COC1C[C@]2(C)C(=CCC3C4(C)CC[C@H](C)[C@](C)(OC)[C@@H]4CC[C@@]32C)C2CC(C)(C)CC[C@]12C(=O)O[C@@H]1OC(COCc2ccccc2)[C@H](N)C(C)C1O[C@@H]1O[C@H](C)[C@H](O[C@@H]2OC[C@@H](OCc3ccccc3)C(OCc3ccccc3)C2C)C2OC(C)(C)OC21. The van der Waals surface area contributed by atoms with Gasteiger partial charge in [0.05, 0.1) is 56.9 Å². The molecule has 0 amide bonds. The molecule has 0 spiro atoms. The summed E-state index contributed by atoms with van der Waals surface area (Å²) in [5.74, 6) is -0.812. The Labute approximate surface area is 537 Å². The summed E-state index contributed by atoms with van der Waals surface area (Å²) in [6.45, 7) is 28.7. The van der Waals surface area contributed by atoms with Gasteiger partial charge in [-0.15, -0.1) is 0 Å². The minimum Gasteiger partial charge on any atom is -0.432 e. The molecule has 4 aliphatic heterocycles. The number of methoxy groups -OCH3 is 2. The number of ether oxygens (including phenoxy) is 13. The number of hydrogen-bond donors (Lipinski definition) is 1. The van der Waals surface area contributed by atoms with Crippen molar-refractivity contribution in [1.29, 1.82) is 0 Å². The summed E-state index contributed by atoms with van der Waals surface area (Å²) in [5, 5.41) is 0. The number of esters is 1. The summed E-state index contributed by atoms with van der Waals surface area (Å²) in [7, 11) is 3.74. The zero-order chi connectivity index (χ0) is 63.8. The number of nitrogens with two attached hydrogens (primary N) is 1. The molecule has 24 atom stereocenters. The van der Waals surface area contributed by atoms with Crippen LogP contribution in [0, 0.1) is 62.6 Å². The molecule has 3 aromatic rings. The lowest BCUT2D eigenvalue weighted by Gasteiger charge is -2.72. The lowest BCUT2D eigenvalue weighted by Crippen LogP contribution is -2.69. The second-order valence-corrected chi connectivity index (χ2v) is 31.0. The average molecular weight is 1250 g/mol. The average Bonchev–Trinajstić information content (AvgIpc) is 0.758. The van der Waals surface area contributed by atoms with Gasteiger partial charge in [-0.05, 0) is 148 Å². The summed E-state index contributed by atoms with van der Waals surface area (Å²) in [4.78, 5) is 16.4. The van der Waals surface area contributed by atoms with Crippen LogP contribution in [0.2, 0.25) is 0 Å². The van der Waals surface area contributed by atoms with Crippen molar-refractivity contribution >= 4 is 5.97 Å². The molecule has 12 rings (SSSR count). The fourth-order valence-electron chi connectivity index (χ4n) is 19.4. The van der Waals surface area contributed by atoms with Gasteiger partial charge in [-0.2, -0.15) is 0 Å². The Morgan fingerprint density at radius 2 is 1.28 bits per heavy atom. The Kier molecular flexibility index (Phi) is 19.0. The van der Waals surface area contributed by atoms with Gasteiger partial charge in [0.2, 0.25) is 6.29 Å². The van der Waals surface area contributed by atoms with Crippen molar-refractivity contribution in [3.63, 3.8) is 0 Å². The maximum atomic E-state index is 16.4. The minimum atomic E-state index is -1.21. The van der Waals surface area contributed by atoms with Gasteiger partial charge in [0, 0.05) is 32.1 Å². The highest BCUT2D eigenvalue weighted by Crippen LogP contribution is 2.76. The van der Waals surface area contributed by atoms with E-state index in [0.717, 1.165) is 55.2 Å². The quantitative estimate of drug-likeness (QED) is 0.0945. The summed E-state index contributed by atoms with van der Waals surface area (Å²) in [6.07, 6.45) is 2.76. The van der Waals surface area contributed by atoms with Gasteiger partial charge < -0.3 is 67.3 Å². The first-order valence-electron chi connectivity index (χ1n) is 34.2. The second kappa shape index (κ2) is 25.8. The van der Waals surface area contributed by atoms with Crippen LogP contribution in [0.15, 0.2) is 103 Å². The van der Waals surface area contributed by atoms with E-state index in [0.29, 0.717) is 50.4 Å². The molecule has 2 N–H and O–H groups in total. The maximum absolute atomic E-state index is 16.4. The molecule has 0 bridgehead atoms. The molecule has 8 fully saturated rings. The molecule has 9 aliphatic rings. The number of carbonyl (C=O) groups is 1. The van der Waals surface area contributed by atoms with Crippen molar-refractivity contribution in [1.82, 2.24) is 0 Å². The Morgan fingerprint density at radius 1 is 0.644 bits per heavy atom. The van der Waals surface area contributed by atoms with Crippen molar-refractivity contribution in [2.75, 3.05) is 27.4 Å². The van der Waals surface area contributed by atoms with Crippen LogP contribution in [0.5, 0.6) is 0 Å². The number of benzene rings is 3. The van der Waals surface area contributed by atoms with E-state index in [-0.39, 0.29) is 70.5 Å². The van der Waals surface area contributed by atoms with E-state index in [2.05, 4.69) is 85.7 Å². The van der Waals surface area contributed by atoms with E-state index >= 15 is 4.79 Å². The first-order valence-corrected chi connectivity index (χ1v) is 34.2. The Hall–Kier alpha value is -3.65. The molecule has 15 heteroatoms. The molecular formula is C75H107NO14. The standard InChI is InChI=1S/C75H107NO14/c1-45-32-34-71(9)56-31-30-52-53-38-69(5,6)36-37-75(53,58(78-13)39-73(52,11)72(56,10)35-33-57(71)74(45,12)79-14)68(77)88-66-61(46(2)59(76)54(85-66)43-80-40-49-24-18-15-19-25-49)86-67-64-63(89-70(7,8)90-64)62(48(4)84-67)87-65-47(3)60(82-42-51-28-22-17-23-29-51)55(44-83-65)81-41-50-26-20-16-21-27-50/h15-30,45-48,53-67H,31-44,76H2,1-14H3/t45-,46?,47?,48+,53?,54?,55+,56?,57+,58?,59+,60?,61?,62-,63?,64?,65-,66-,67-,71?,72-,73+,74-,75+/m0/s1. The van der Waals surface area contributed by atoms with Crippen LogP contribution in [-0.4, -0.2) is 125 Å². The van der Waals surface area contributed by atoms with Crippen molar-refractivity contribution in [2.45, 2.75) is 252 Å². The van der Waals surface area contributed by atoms with E-state index in [9.17, 15) is 0 Å². The van der Waals surface area contributed by atoms with Crippen LogP contribution in [-0.2, 0) is 86.2 Å². The summed E-state index contributed by atoms with van der Waals surface area (Å²) in [6, 6.07) is 29.8. The molecule has 4 heterocycles. The molecule has 0 aromatic heterocycles. The lowest BCUT2D eigenvalue weighted by molar-refractivity contribution is -0.354.